The van der Waals surface area contributed by atoms with Gasteiger partial charge in [-0.25, -0.2) is 0 Å². The van der Waals surface area contributed by atoms with Crippen molar-refractivity contribution >= 4 is 17.6 Å². The van der Waals surface area contributed by atoms with Gasteiger partial charge in [0.05, 0.1) is 0 Å². The van der Waals surface area contributed by atoms with Crippen LogP contribution in [0, 0.1) is 29.6 Å². The second-order valence-electron chi connectivity index (χ2n) is 17.8. The summed E-state index contributed by atoms with van der Waals surface area (Å²) in [6.07, 6.45) is 6.75. The number of carbonyl (C=O) groups excluding carboxylic acids is 3. The molecule has 292 valence electrons. The van der Waals surface area contributed by atoms with Crippen LogP contribution >= 0.6 is 0 Å². The Morgan fingerprint density at radius 2 is 1.18 bits per heavy atom. The fourth-order valence-electron chi connectivity index (χ4n) is 6.91. The first-order valence-corrected chi connectivity index (χ1v) is 19.4. The molecule has 0 bridgehead atoms. The minimum absolute atomic E-state index is 0.0540. The van der Waals surface area contributed by atoms with Crippen LogP contribution in [-0.2, 0) is 14.4 Å². The Bertz CT molecular complexity index is 1190. The molecule has 0 aromatic carbocycles. The summed E-state index contributed by atoms with van der Waals surface area (Å²) < 4.78 is 0. The van der Waals surface area contributed by atoms with Crippen LogP contribution in [0.4, 0.5) is 0 Å². The number of amides is 2. The lowest BCUT2D eigenvalue weighted by Crippen LogP contribution is -2.54. The van der Waals surface area contributed by atoms with E-state index >= 15 is 0 Å². The Labute approximate surface area is 314 Å². The van der Waals surface area contributed by atoms with Gasteiger partial charge in [-0.05, 0) is 153 Å². The maximum atomic E-state index is 12.0. The van der Waals surface area contributed by atoms with Crippen molar-refractivity contribution < 1.29 is 14.4 Å². The summed E-state index contributed by atoms with van der Waals surface area (Å²) in [6.45, 7) is 32.7. The molecule has 3 aliphatic rings. The number of Topliss-reactive ketones (excluding diaryl/α,β-unsaturated/α-hetero) is 1. The molecule has 0 aliphatic carbocycles. The van der Waals surface area contributed by atoms with Gasteiger partial charge in [0.25, 0.3) is 5.91 Å². The summed E-state index contributed by atoms with van der Waals surface area (Å²) in [7, 11) is 5.96. The zero-order chi connectivity index (χ0) is 39.0. The van der Waals surface area contributed by atoms with Crippen LogP contribution in [0.3, 0.4) is 0 Å². The molecule has 3 rings (SSSR count). The predicted molar refractivity (Wildman–Crippen MR) is 213 cm³/mol. The third-order valence-corrected chi connectivity index (χ3v) is 10.3. The van der Waals surface area contributed by atoms with Gasteiger partial charge in [0, 0.05) is 88.4 Å². The zero-order valence-corrected chi connectivity index (χ0v) is 35.4. The average molecular weight is 713 g/mol. The van der Waals surface area contributed by atoms with Crippen molar-refractivity contribution in [3.8, 4) is 23.7 Å². The van der Waals surface area contributed by atoms with E-state index in [1.165, 1.54) is 12.8 Å². The van der Waals surface area contributed by atoms with E-state index in [1.807, 2.05) is 26.0 Å². The van der Waals surface area contributed by atoms with Crippen molar-refractivity contribution in [1.82, 2.24) is 29.4 Å². The molecule has 1 unspecified atom stereocenters. The van der Waals surface area contributed by atoms with Crippen LogP contribution in [-0.4, -0.2) is 150 Å². The second kappa shape index (κ2) is 21.9. The number of hydrogen-bond acceptors (Lipinski definition) is 7. The summed E-state index contributed by atoms with van der Waals surface area (Å²) in [4.78, 5) is 48.5. The first-order valence-electron chi connectivity index (χ1n) is 19.4. The molecule has 1 atom stereocenters. The van der Waals surface area contributed by atoms with Gasteiger partial charge in [0.2, 0.25) is 11.7 Å². The maximum Gasteiger partial charge on any atom is 0.298 e. The molecule has 0 aromatic heterocycles. The Kier molecular flexibility index (Phi) is 20.0. The van der Waals surface area contributed by atoms with Crippen LogP contribution in [0.15, 0.2) is 0 Å². The van der Waals surface area contributed by atoms with Gasteiger partial charge >= 0.3 is 0 Å². The number of likely N-dealkylation sites (tertiary alicyclic amines) is 2. The Hall–Kier alpha value is -2.43. The highest BCUT2D eigenvalue weighted by Crippen LogP contribution is 2.26. The summed E-state index contributed by atoms with van der Waals surface area (Å²) in [5.74, 6) is 11.5. The van der Waals surface area contributed by atoms with Gasteiger partial charge in [0.1, 0.15) is 0 Å². The molecule has 0 saturated carbocycles. The molecule has 3 saturated heterocycles. The maximum absolute atomic E-state index is 12.0. The molecule has 3 heterocycles. The highest BCUT2D eigenvalue weighted by molar-refractivity contribution is 5.95. The largest absolute Gasteiger partial charge is 0.340 e. The second-order valence-corrected chi connectivity index (χ2v) is 17.8. The molecule has 0 spiro atoms. The number of nitrogens with zero attached hydrogens (tertiary/aromatic N) is 6. The average Bonchev–Trinajstić information content (AvgIpc) is 3.04. The van der Waals surface area contributed by atoms with Crippen molar-refractivity contribution in [2.45, 2.75) is 144 Å². The zero-order valence-electron chi connectivity index (χ0n) is 35.4. The monoisotopic (exact) mass is 713 g/mol. The van der Waals surface area contributed by atoms with Crippen molar-refractivity contribution in [1.29, 1.82) is 0 Å². The topological polar surface area (TPSA) is 70.7 Å². The summed E-state index contributed by atoms with van der Waals surface area (Å²) in [5.41, 5.74) is 0.676. The molecule has 9 nitrogen and oxygen atoms in total. The third-order valence-electron chi connectivity index (χ3n) is 10.3. The lowest BCUT2D eigenvalue weighted by atomic mass is 9.90. The van der Waals surface area contributed by atoms with Crippen molar-refractivity contribution in [3.63, 3.8) is 0 Å². The Morgan fingerprint density at radius 1 is 0.667 bits per heavy atom. The van der Waals surface area contributed by atoms with E-state index < -0.39 is 0 Å². The van der Waals surface area contributed by atoms with Crippen LogP contribution in [0.1, 0.15) is 121 Å². The minimum atomic E-state index is -0.0540. The van der Waals surface area contributed by atoms with Crippen molar-refractivity contribution in [2.75, 3.05) is 80.0 Å². The smallest absolute Gasteiger partial charge is 0.298 e. The summed E-state index contributed by atoms with van der Waals surface area (Å²) >= 11 is 0. The third kappa shape index (κ3) is 18.3. The van der Waals surface area contributed by atoms with Gasteiger partial charge in [-0.2, -0.15) is 0 Å². The molecule has 3 aliphatic heterocycles. The van der Waals surface area contributed by atoms with E-state index in [0.717, 1.165) is 78.2 Å². The van der Waals surface area contributed by atoms with Gasteiger partial charge in [0.15, 0.2) is 0 Å². The van der Waals surface area contributed by atoms with E-state index in [2.05, 4.69) is 106 Å². The number of ketones is 1. The van der Waals surface area contributed by atoms with Gasteiger partial charge in [-0.1, -0.05) is 11.8 Å². The Morgan fingerprint density at radius 3 is 1.65 bits per heavy atom. The van der Waals surface area contributed by atoms with E-state index in [0.29, 0.717) is 30.7 Å². The van der Waals surface area contributed by atoms with Gasteiger partial charge < -0.3 is 14.7 Å². The standard InChI is InChI=1S/C14H29N3O.C14H24N2O.C14H23NO/c1-14(2,3)17-11-9-16(10-12-17)13(18)7-6-8-15(4)5;1-6-7-13(17)15(5)12-8-10-16(11-9-12)14(2,3)4;1-5-7-13(16)10-12-8-6-9-15(11-12)14(2,3)4/h6-12H2,1-5H3;12H,8-11H2,1-5H3;12H,6,8-11H2,1-4H3. The van der Waals surface area contributed by atoms with E-state index in [1.54, 1.807) is 18.7 Å². The number of piperidine rings is 2. The normalized spacial score (nSPS) is 19.7. The number of carbonyl (C=O) groups is 3. The van der Waals surface area contributed by atoms with Crippen molar-refractivity contribution in [2.24, 2.45) is 5.92 Å². The molecule has 51 heavy (non-hydrogen) atoms. The van der Waals surface area contributed by atoms with E-state index in [4.69, 9.17) is 0 Å². The fraction of sp³-hybridized carbons (Fsp3) is 0.833. The number of piperazine rings is 1. The SMILES string of the molecule is CC#CC(=O)CC1CCCN(C(C)(C)C)C1.CC#CC(=O)N(C)C1CCN(C(C)(C)C)CC1.CN(C)CCCC(=O)N1CCN(C(C)(C)C)CC1. The predicted octanol–water partition coefficient (Wildman–Crippen LogP) is 5.48. The van der Waals surface area contributed by atoms with E-state index in [-0.39, 0.29) is 28.3 Å². The first-order chi connectivity index (χ1) is 23.6. The fourth-order valence-corrected chi connectivity index (χ4v) is 6.91. The lowest BCUT2D eigenvalue weighted by Gasteiger charge is -2.42. The highest BCUT2D eigenvalue weighted by atomic mass is 16.2. The Balaban J connectivity index is 0.000000383. The highest BCUT2D eigenvalue weighted by Gasteiger charge is 2.31. The van der Waals surface area contributed by atoms with Crippen molar-refractivity contribution in [3.05, 3.63) is 0 Å². The molecular weight excluding hydrogens is 637 g/mol. The van der Waals surface area contributed by atoms with E-state index in [9.17, 15) is 14.4 Å². The molecule has 2 amide bonds. The summed E-state index contributed by atoms with van der Waals surface area (Å²) in [5, 5.41) is 0. The minimum Gasteiger partial charge on any atom is -0.340 e. The molecule has 9 heteroatoms. The summed E-state index contributed by atoms with van der Waals surface area (Å²) in [6, 6.07) is 0.349. The van der Waals surface area contributed by atoms with Crippen LogP contribution < -0.4 is 0 Å². The number of rotatable bonds is 7. The van der Waals surface area contributed by atoms with Crippen LogP contribution in [0.2, 0.25) is 0 Å². The molecule has 0 aromatic rings. The molecule has 0 N–H and O–H groups in total. The molecule has 3 fully saturated rings. The first kappa shape index (κ1) is 46.6. The number of hydrogen-bond donors (Lipinski definition) is 0. The molecular formula is C42H76N6O3. The van der Waals surface area contributed by atoms with Gasteiger partial charge in [-0.15, -0.1) is 0 Å². The quantitative estimate of drug-likeness (QED) is 0.256. The molecule has 0 radical (unpaired) electrons. The van der Waals surface area contributed by atoms with Crippen LogP contribution in [0.25, 0.3) is 0 Å². The van der Waals surface area contributed by atoms with Gasteiger partial charge in [-0.3, -0.25) is 29.1 Å². The lowest BCUT2D eigenvalue weighted by molar-refractivity contribution is -0.134. The van der Waals surface area contributed by atoms with Crippen LogP contribution in [0.5, 0.6) is 0 Å².